The number of fused-ring (bicyclic) bond motifs is 1. The number of allylic oxidation sites excluding steroid dienone is 5. The Morgan fingerprint density at radius 1 is 1.32 bits per heavy atom. The molecule has 0 saturated carbocycles. The number of alkyl halides is 3. The molecule has 0 saturated heterocycles. The average molecular weight is 325 g/mol. The van der Waals surface area contributed by atoms with Crippen LogP contribution in [0.15, 0.2) is 48.6 Å². The SMILES string of the molecule is C=C(/C=C\C(=C/C)C(F)(F)F)c1nc2ccc(OC)cc2s1. The highest BCUT2D eigenvalue weighted by Gasteiger charge is 2.30. The first-order valence-corrected chi connectivity index (χ1v) is 7.22. The van der Waals surface area contributed by atoms with Gasteiger partial charge in [0.15, 0.2) is 0 Å². The van der Waals surface area contributed by atoms with Gasteiger partial charge in [-0.05, 0) is 31.2 Å². The van der Waals surface area contributed by atoms with Crippen molar-refractivity contribution in [1.29, 1.82) is 0 Å². The summed E-state index contributed by atoms with van der Waals surface area (Å²) >= 11 is 1.36. The third-order valence-corrected chi connectivity index (χ3v) is 4.07. The second kappa shape index (κ2) is 6.36. The lowest BCUT2D eigenvalue weighted by Crippen LogP contribution is -2.09. The predicted molar refractivity (Wildman–Crippen MR) is 84.2 cm³/mol. The van der Waals surface area contributed by atoms with E-state index in [1.807, 2.05) is 6.07 Å². The highest BCUT2D eigenvalue weighted by Crippen LogP contribution is 2.31. The van der Waals surface area contributed by atoms with Crippen LogP contribution in [-0.2, 0) is 0 Å². The van der Waals surface area contributed by atoms with E-state index in [4.69, 9.17) is 4.74 Å². The Kier molecular flexibility index (Phi) is 4.71. The van der Waals surface area contributed by atoms with Crippen LogP contribution < -0.4 is 4.74 Å². The number of aromatic nitrogens is 1. The molecule has 1 heterocycles. The van der Waals surface area contributed by atoms with Crippen molar-refractivity contribution < 1.29 is 17.9 Å². The summed E-state index contributed by atoms with van der Waals surface area (Å²) in [5.41, 5.74) is 0.484. The van der Waals surface area contributed by atoms with Gasteiger partial charge in [0.2, 0.25) is 0 Å². The van der Waals surface area contributed by atoms with E-state index in [1.165, 1.54) is 24.3 Å². The number of rotatable bonds is 4. The first-order valence-electron chi connectivity index (χ1n) is 6.40. The number of hydrogen-bond acceptors (Lipinski definition) is 3. The lowest BCUT2D eigenvalue weighted by molar-refractivity contribution is -0.0882. The Balaban J connectivity index is 2.26. The molecule has 1 aromatic carbocycles. The molecular weight excluding hydrogens is 311 g/mol. The molecule has 0 aliphatic heterocycles. The van der Waals surface area contributed by atoms with Crippen molar-refractivity contribution in [3.8, 4) is 5.75 Å². The Morgan fingerprint density at radius 2 is 2.05 bits per heavy atom. The largest absolute Gasteiger partial charge is 0.497 e. The maximum Gasteiger partial charge on any atom is 0.416 e. The summed E-state index contributed by atoms with van der Waals surface area (Å²) in [6.45, 7) is 5.13. The van der Waals surface area contributed by atoms with Crippen LogP contribution in [0.25, 0.3) is 15.8 Å². The van der Waals surface area contributed by atoms with Gasteiger partial charge in [0, 0.05) is 5.57 Å². The molecule has 2 aromatic rings. The van der Waals surface area contributed by atoms with Crippen LogP contribution in [-0.4, -0.2) is 18.3 Å². The summed E-state index contributed by atoms with van der Waals surface area (Å²) in [6.07, 6.45) is -1.01. The lowest BCUT2D eigenvalue weighted by atomic mass is 10.2. The Hall–Kier alpha value is -2.08. The van der Waals surface area contributed by atoms with Gasteiger partial charge in [-0.2, -0.15) is 13.2 Å². The van der Waals surface area contributed by atoms with E-state index < -0.39 is 11.7 Å². The molecule has 0 aliphatic rings. The maximum atomic E-state index is 12.6. The molecule has 6 heteroatoms. The molecule has 0 spiro atoms. The summed E-state index contributed by atoms with van der Waals surface area (Å²) in [5.74, 6) is 0.706. The van der Waals surface area contributed by atoms with Gasteiger partial charge in [-0.25, -0.2) is 4.98 Å². The number of ether oxygens (including phenoxy) is 1. The van der Waals surface area contributed by atoms with Crippen LogP contribution in [0.5, 0.6) is 5.75 Å². The standard InChI is InChI=1S/C16H14F3NOS/c1-4-11(16(17,18)19)6-5-10(2)15-20-13-8-7-12(21-3)9-14(13)22-15/h4-9H,2H2,1,3H3/b6-5-,11-4+. The summed E-state index contributed by atoms with van der Waals surface area (Å²) in [4.78, 5) is 4.37. The molecule has 116 valence electrons. The molecular formula is C16H14F3NOS. The van der Waals surface area contributed by atoms with Crippen molar-refractivity contribution in [2.75, 3.05) is 7.11 Å². The van der Waals surface area contributed by atoms with Crippen molar-refractivity contribution in [2.24, 2.45) is 0 Å². The second-order valence-corrected chi connectivity index (χ2v) is 5.48. The van der Waals surface area contributed by atoms with E-state index in [1.54, 1.807) is 19.2 Å². The zero-order valence-electron chi connectivity index (χ0n) is 12.1. The highest BCUT2D eigenvalue weighted by atomic mass is 32.1. The fraction of sp³-hybridized carbons (Fsp3) is 0.188. The molecule has 0 unspecified atom stereocenters. The van der Waals surface area contributed by atoms with E-state index in [0.29, 0.717) is 16.3 Å². The molecule has 1 aromatic heterocycles. The minimum atomic E-state index is -4.37. The topological polar surface area (TPSA) is 22.1 Å². The molecule has 2 nitrogen and oxygen atoms in total. The molecule has 0 amide bonds. The Labute approximate surface area is 130 Å². The molecule has 0 aliphatic carbocycles. The lowest BCUT2D eigenvalue weighted by Gasteiger charge is -2.06. The second-order valence-electron chi connectivity index (χ2n) is 4.45. The summed E-state index contributed by atoms with van der Waals surface area (Å²) < 4.78 is 44.0. The van der Waals surface area contributed by atoms with Crippen LogP contribution in [0.2, 0.25) is 0 Å². The van der Waals surface area contributed by atoms with Crippen molar-refractivity contribution in [3.05, 3.63) is 53.6 Å². The summed E-state index contributed by atoms with van der Waals surface area (Å²) in [5, 5.41) is 0.581. The van der Waals surface area contributed by atoms with Crippen molar-refractivity contribution in [3.63, 3.8) is 0 Å². The predicted octanol–water partition coefficient (Wildman–Crippen LogP) is 5.38. The minimum Gasteiger partial charge on any atom is -0.497 e. The molecule has 0 atom stereocenters. The number of halogens is 3. The number of methoxy groups -OCH3 is 1. The normalized spacial score (nSPS) is 13.0. The van der Waals surface area contributed by atoms with Crippen LogP contribution in [0.3, 0.4) is 0 Å². The Bertz CT molecular complexity index is 756. The van der Waals surface area contributed by atoms with Crippen molar-refractivity contribution in [1.82, 2.24) is 4.98 Å². The van der Waals surface area contributed by atoms with Gasteiger partial charge in [0.1, 0.15) is 10.8 Å². The molecule has 0 bridgehead atoms. The fourth-order valence-corrected chi connectivity index (χ4v) is 2.73. The molecule has 0 fully saturated rings. The van der Waals surface area contributed by atoms with E-state index >= 15 is 0 Å². The monoisotopic (exact) mass is 325 g/mol. The smallest absolute Gasteiger partial charge is 0.416 e. The minimum absolute atomic E-state index is 0.434. The highest BCUT2D eigenvalue weighted by molar-refractivity contribution is 7.19. The molecule has 0 N–H and O–H groups in total. The zero-order valence-corrected chi connectivity index (χ0v) is 12.9. The van der Waals surface area contributed by atoms with E-state index in [9.17, 15) is 13.2 Å². The fourth-order valence-electron chi connectivity index (χ4n) is 1.79. The number of hydrogen-bond donors (Lipinski definition) is 0. The summed E-state index contributed by atoms with van der Waals surface area (Å²) in [7, 11) is 1.57. The molecule has 22 heavy (non-hydrogen) atoms. The first-order chi connectivity index (χ1) is 10.3. The van der Waals surface area contributed by atoms with Crippen LogP contribution in [0.1, 0.15) is 11.9 Å². The van der Waals surface area contributed by atoms with E-state index in [0.717, 1.165) is 22.4 Å². The van der Waals surface area contributed by atoms with Gasteiger partial charge >= 0.3 is 6.18 Å². The third kappa shape index (κ3) is 3.57. The van der Waals surface area contributed by atoms with Gasteiger partial charge in [-0.1, -0.05) is 18.7 Å². The molecule has 0 radical (unpaired) electrons. The van der Waals surface area contributed by atoms with Crippen molar-refractivity contribution >= 4 is 27.1 Å². The molecule has 2 rings (SSSR count). The maximum absolute atomic E-state index is 12.6. The number of thiazole rings is 1. The number of nitrogens with zero attached hydrogens (tertiary/aromatic N) is 1. The van der Waals surface area contributed by atoms with Crippen molar-refractivity contribution in [2.45, 2.75) is 13.1 Å². The average Bonchev–Trinajstić information content (AvgIpc) is 2.89. The van der Waals surface area contributed by atoms with Gasteiger partial charge in [0.25, 0.3) is 0 Å². The van der Waals surface area contributed by atoms with E-state index in [2.05, 4.69) is 11.6 Å². The zero-order chi connectivity index (χ0) is 16.3. The summed E-state index contributed by atoms with van der Waals surface area (Å²) in [6, 6.07) is 5.42. The quantitative estimate of drug-likeness (QED) is 0.704. The first kappa shape index (κ1) is 16.3. The van der Waals surface area contributed by atoms with Gasteiger partial charge in [-0.3, -0.25) is 0 Å². The van der Waals surface area contributed by atoms with Crippen LogP contribution >= 0.6 is 11.3 Å². The van der Waals surface area contributed by atoms with Gasteiger partial charge in [0.05, 0.1) is 22.9 Å². The van der Waals surface area contributed by atoms with Crippen LogP contribution in [0.4, 0.5) is 13.2 Å². The van der Waals surface area contributed by atoms with Gasteiger partial charge in [-0.15, -0.1) is 11.3 Å². The van der Waals surface area contributed by atoms with E-state index in [-0.39, 0.29) is 0 Å². The van der Waals surface area contributed by atoms with Gasteiger partial charge < -0.3 is 4.74 Å². The van der Waals surface area contributed by atoms with Crippen LogP contribution in [0, 0.1) is 0 Å². The third-order valence-electron chi connectivity index (χ3n) is 2.97. The Morgan fingerprint density at radius 3 is 2.64 bits per heavy atom. The number of benzene rings is 1.